The molecule has 0 spiro atoms. The molecule has 0 saturated carbocycles. The Bertz CT molecular complexity index is 496. The highest BCUT2D eigenvalue weighted by Gasteiger charge is 2.45. The summed E-state index contributed by atoms with van der Waals surface area (Å²) in [7, 11) is 0. The molecule has 1 saturated heterocycles. The molecule has 1 atom stereocenters. The summed E-state index contributed by atoms with van der Waals surface area (Å²) in [4.78, 5) is 26.5. The average molecular weight is 274 g/mol. The van der Waals surface area contributed by atoms with Crippen LogP contribution in [-0.4, -0.2) is 28.3 Å². The Morgan fingerprint density at radius 2 is 1.85 bits per heavy atom. The Balaban J connectivity index is 2.25. The number of benzene rings is 1. The van der Waals surface area contributed by atoms with E-state index in [0.29, 0.717) is 13.0 Å². The highest BCUT2D eigenvalue weighted by Crippen LogP contribution is 2.24. The Morgan fingerprint density at radius 1 is 1.20 bits per heavy atom. The fourth-order valence-electron chi connectivity index (χ4n) is 2.51. The third-order valence-corrected chi connectivity index (χ3v) is 3.86. The summed E-state index contributed by atoms with van der Waals surface area (Å²) in [5, 5.41) is 2.84. The predicted molar refractivity (Wildman–Crippen MR) is 77.9 cm³/mol. The van der Waals surface area contributed by atoms with E-state index >= 15 is 0 Å². The maximum Gasteiger partial charge on any atom is 0.246 e. The molecule has 2 amide bonds. The van der Waals surface area contributed by atoms with Crippen molar-refractivity contribution in [3.05, 3.63) is 35.9 Å². The number of hydrogen-bond acceptors (Lipinski definition) is 2. The van der Waals surface area contributed by atoms with Gasteiger partial charge in [-0.1, -0.05) is 43.7 Å². The van der Waals surface area contributed by atoms with Crippen LogP contribution < -0.4 is 5.32 Å². The minimum absolute atomic E-state index is 0.0142. The lowest BCUT2D eigenvalue weighted by Gasteiger charge is -2.44. The van der Waals surface area contributed by atoms with Crippen molar-refractivity contribution in [3.63, 3.8) is 0 Å². The van der Waals surface area contributed by atoms with E-state index in [-0.39, 0.29) is 17.9 Å². The molecule has 1 aliphatic rings. The van der Waals surface area contributed by atoms with E-state index in [0.717, 1.165) is 12.0 Å². The molecule has 108 valence electrons. The second-order valence-electron chi connectivity index (χ2n) is 5.78. The second-order valence-corrected chi connectivity index (χ2v) is 5.78. The molecule has 0 radical (unpaired) electrons. The van der Waals surface area contributed by atoms with Crippen LogP contribution in [0, 0.1) is 0 Å². The number of carbonyl (C=O) groups excluding carboxylic acids is 2. The molecule has 1 aliphatic heterocycles. The standard InChI is InChI=1S/C16H22N2O2/c1-4-8-13-14(19)18(16(2,3)15(20)17-13)11-12-9-6-5-7-10-12/h5-7,9-10,13H,4,8,11H2,1-3H3,(H,17,20). The van der Waals surface area contributed by atoms with Crippen molar-refractivity contribution in [3.8, 4) is 0 Å². The average Bonchev–Trinajstić information content (AvgIpc) is 2.43. The number of piperazine rings is 1. The van der Waals surface area contributed by atoms with Crippen molar-refractivity contribution >= 4 is 11.8 Å². The van der Waals surface area contributed by atoms with Crippen molar-refractivity contribution in [2.24, 2.45) is 0 Å². The van der Waals surface area contributed by atoms with Gasteiger partial charge in [-0.2, -0.15) is 0 Å². The first-order valence-electron chi connectivity index (χ1n) is 7.13. The molecule has 1 N–H and O–H groups in total. The third-order valence-electron chi connectivity index (χ3n) is 3.86. The van der Waals surface area contributed by atoms with Gasteiger partial charge in [0.25, 0.3) is 0 Å². The molecule has 0 aromatic heterocycles. The Labute approximate surface area is 120 Å². The summed E-state index contributed by atoms with van der Waals surface area (Å²) >= 11 is 0. The summed E-state index contributed by atoms with van der Waals surface area (Å²) in [6.45, 7) is 6.08. The fourth-order valence-corrected chi connectivity index (χ4v) is 2.51. The highest BCUT2D eigenvalue weighted by atomic mass is 16.2. The van der Waals surface area contributed by atoms with Crippen LogP contribution in [0.5, 0.6) is 0 Å². The van der Waals surface area contributed by atoms with E-state index in [4.69, 9.17) is 0 Å². The van der Waals surface area contributed by atoms with Crippen LogP contribution in [0.1, 0.15) is 39.2 Å². The van der Waals surface area contributed by atoms with E-state index in [1.165, 1.54) is 0 Å². The van der Waals surface area contributed by atoms with E-state index in [1.807, 2.05) is 37.3 Å². The number of hydrogen-bond donors (Lipinski definition) is 1. The summed E-state index contributed by atoms with van der Waals surface area (Å²) < 4.78 is 0. The van der Waals surface area contributed by atoms with Crippen molar-refractivity contribution in [1.29, 1.82) is 0 Å². The Morgan fingerprint density at radius 3 is 2.45 bits per heavy atom. The van der Waals surface area contributed by atoms with Crippen LogP contribution in [0.15, 0.2) is 30.3 Å². The van der Waals surface area contributed by atoms with Gasteiger partial charge in [0.05, 0.1) is 0 Å². The van der Waals surface area contributed by atoms with Crippen LogP contribution in [0.25, 0.3) is 0 Å². The van der Waals surface area contributed by atoms with Gasteiger partial charge in [0.1, 0.15) is 11.6 Å². The number of rotatable bonds is 4. The van der Waals surface area contributed by atoms with Gasteiger partial charge in [-0.15, -0.1) is 0 Å². The van der Waals surface area contributed by atoms with Gasteiger partial charge < -0.3 is 10.2 Å². The molecule has 1 fully saturated rings. The van der Waals surface area contributed by atoms with E-state index in [1.54, 1.807) is 18.7 Å². The maximum absolute atomic E-state index is 12.6. The molecule has 20 heavy (non-hydrogen) atoms. The molecule has 0 bridgehead atoms. The molecule has 2 rings (SSSR count). The van der Waals surface area contributed by atoms with Crippen molar-refractivity contribution in [2.75, 3.05) is 0 Å². The zero-order valence-electron chi connectivity index (χ0n) is 12.3. The van der Waals surface area contributed by atoms with E-state index in [9.17, 15) is 9.59 Å². The molecular formula is C16H22N2O2. The van der Waals surface area contributed by atoms with Crippen LogP contribution in [0.2, 0.25) is 0 Å². The number of carbonyl (C=O) groups is 2. The minimum atomic E-state index is -0.808. The number of nitrogens with one attached hydrogen (secondary N) is 1. The molecule has 1 unspecified atom stereocenters. The zero-order valence-corrected chi connectivity index (χ0v) is 12.3. The second kappa shape index (κ2) is 5.65. The Hall–Kier alpha value is -1.84. The lowest BCUT2D eigenvalue weighted by atomic mass is 9.93. The van der Waals surface area contributed by atoms with Crippen molar-refractivity contribution in [2.45, 2.75) is 51.7 Å². The van der Waals surface area contributed by atoms with Gasteiger partial charge >= 0.3 is 0 Å². The summed E-state index contributed by atoms with van der Waals surface area (Å²) in [5.41, 5.74) is 0.232. The third kappa shape index (κ3) is 2.69. The normalized spacial score (nSPS) is 21.8. The largest absolute Gasteiger partial charge is 0.342 e. The van der Waals surface area contributed by atoms with Crippen LogP contribution >= 0.6 is 0 Å². The molecule has 4 heteroatoms. The first-order valence-corrected chi connectivity index (χ1v) is 7.13. The molecule has 1 heterocycles. The molecule has 1 aromatic carbocycles. The van der Waals surface area contributed by atoms with Gasteiger partial charge in [-0.25, -0.2) is 0 Å². The SMILES string of the molecule is CCCC1NC(=O)C(C)(C)N(Cc2ccccc2)C1=O. The lowest BCUT2D eigenvalue weighted by molar-refractivity contribution is -0.156. The quantitative estimate of drug-likeness (QED) is 0.914. The van der Waals surface area contributed by atoms with Gasteiger partial charge in [-0.3, -0.25) is 9.59 Å². The van der Waals surface area contributed by atoms with Gasteiger partial charge in [0, 0.05) is 6.54 Å². The lowest BCUT2D eigenvalue weighted by Crippen LogP contribution is -2.67. The smallest absolute Gasteiger partial charge is 0.246 e. The summed E-state index contributed by atoms with van der Waals surface area (Å²) in [6, 6.07) is 9.40. The first-order chi connectivity index (χ1) is 9.46. The van der Waals surface area contributed by atoms with E-state index in [2.05, 4.69) is 5.32 Å². The molecule has 4 nitrogen and oxygen atoms in total. The van der Waals surface area contributed by atoms with Gasteiger partial charge in [0.15, 0.2) is 0 Å². The zero-order chi connectivity index (χ0) is 14.8. The Kier molecular flexibility index (Phi) is 4.12. The highest BCUT2D eigenvalue weighted by molar-refractivity contribution is 5.99. The first kappa shape index (κ1) is 14.6. The molecule has 0 aliphatic carbocycles. The van der Waals surface area contributed by atoms with Crippen molar-refractivity contribution < 1.29 is 9.59 Å². The predicted octanol–water partition coefficient (Wildman–Crippen LogP) is 2.09. The summed E-state index contributed by atoms with van der Waals surface area (Å²) in [5.74, 6) is -0.0632. The summed E-state index contributed by atoms with van der Waals surface area (Å²) in [6.07, 6.45) is 1.56. The molecule has 1 aromatic rings. The van der Waals surface area contributed by atoms with Crippen molar-refractivity contribution in [1.82, 2.24) is 10.2 Å². The number of nitrogens with zero attached hydrogens (tertiary/aromatic N) is 1. The maximum atomic E-state index is 12.6. The fraction of sp³-hybridized carbons (Fsp3) is 0.500. The minimum Gasteiger partial charge on any atom is -0.342 e. The van der Waals surface area contributed by atoms with Crippen LogP contribution in [0.3, 0.4) is 0 Å². The van der Waals surface area contributed by atoms with Gasteiger partial charge in [0.2, 0.25) is 11.8 Å². The van der Waals surface area contributed by atoms with Crippen LogP contribution in [-0.2, 0) is 16.1 Å². The molecular weight excluding hydrogens is 252 g/mol. The number of amides is 2. The van der Waals surface area contributed by atoms with Crippen LogP contribution in [0.4, 0.5) is 0 Å². The topological polar surface area (TPSA) is 49.4 Å². The van der Waals surface area contributed by atoms with E-state index < -0.39 is 5.54 Å². The van der Waals surface area contributed by atoms with Gasteiger partial charge in [-0.05, 0) is 25.8 Å². The monoisotopic (exact) mass is 274 g/mol.